The Morgan fingerprint density at radius 1 is 1.65 bits per heavy atom. The zero-order chi connectivity index (χ0) is 12.7. The molecule has 0 saturated heterocycles. The molecule has 0 aliphatic rings. The number of aliphatic hydroxyl groups excluding tert-OH is 1. The second kappa shape index (κ2) is 7.42. The number of thiophene rings is 1. The van der Waals surface area contributed by atoms with E-state index in [1.807, 2.05) is 23.4 Å². The number of hydrogen-bond donors (Lipinski definition) is 2. The summed E-state index contributed by atoms with van der Waals surface area (Å²) < 4.78 is 0. The first-order valence-electron chi connectivity index (χ1n) is 5.73. The van der Waals surface area contributed by atoms with Crippen LogP contribution in [0.3, 0.4) is 0 Å². The molecule has 5 heteroatoms. The van der Waals surface area contributed by atoms with E-state index in [1.165, 1.54) is 4.88 Å². The van der Waals surface area contributed by atoms with Crippen LogP contribution in [-0.4, -0.2) is 48.7 Å². The van der Waals surface area contributed by atoms with E-state index in [9.17, 15) is 4.79 Å². The van der Waals surface area contributed by atoms with Crippen LogP contribution in [0.15, 0.2) is 17.5 Å². The Bertz CT molecular complexity index is 325. The average molecular weight is 256 g/mol. The number of amides is 1. The molecule has 1 atom stereocenters. The molecule has 0 fully saturated rings. The predicted octanol–water partition coefficient (Wildman–Crippen LogP) is 0.719. The lowest BCUT2D eigenvalue weighted by atomic mass is 10.3. The lowest BCUT2D eigenvalue weighted by molar-refractivity contribution is -0.122. The molecule has 1 heterocycles. The fraction of sp³-hybridized carbons (Fsp3) is 0.583. The summed E-state index contributed by atoms with van der Waals surface area (Å²) in [5.41, 5.74) is 0. The van der Waals surface area contributed by atoms with Crippen molar-refractivity contribution in [3.63, 3.8) is 0 Å². The lowest BCUT2D eigenvalue weighted by Crippen LogP contribution is -2.38. The van der Waals surface area contributed by atoms with Crippen molar-refractivity contribution in [3.05, 3.63) is 22.4 Å². The van der Waals surface area contributed by atoms with Gasteiger partial charge in [-0.25, -0.2) is 0 Å². The molecule has 0 aliphatic heterocycles. The number of nitrogens with one attached hydrogen (secondary N) is 1. The molecule has 0 saturated carbocycles. The van der Waals surface area contributed by atoms with Crippen molar-refractivity contribution in [2.45, 2.75) is 19.4 Å². The molecular formula is C12H20N2O2S. The molecule has 1 amide bonds. The summed E-state index contributed by atoms with van der Waals surface area (Å²) in [4.78, 5) is 14.6. The van der Waals surface area contributed by atoms with Crippen LogP contribution in [0.1, 0.15) is 11.8 Å². The van der Waals surface area contributed by atoms with E-state index in [0.29, 0.717) is 19.6 Å². The fourth-order valence-electron chi connectivity index (χ4n) is 1.60. The van der Waals surface area contributed by atoms with Gasteiger partial charge in [0.1, 0.15) is 0 Å². The Labute approximate surface area is 106 Å². The molecule has 1 rings (SSSR count). The van der Waals surface area contributed by atoms with Crippen LogP contribution in [-0.2, 0) is 11.2 Å². The number of aliphatic hydroxyl groups is 1. The van der Waals surface area contributed by atoms with Gasteiger partial charge < -0.3 is 10.4 Å². The minimum atomic E-state index is -0.404. The van der Waals surface area contributed by atoms with Crippen molar-refractivity contribution in [3.8, 4) is 0 Å². The molecule has 0 bridgehead atoms. The second-order valence-electron chi connectivity index (χ2n) is 4.23. The standard InChI is InChI=1S/C12H20N2O2S/c1-10(15)8-14(2)9-12(16)13-6-5-11-4-3-7-17-11/h3-4,7,10,15H,5-6,8-9H2,1-2H3,(H,13,16). The highest BCUT2D eigenvalue weighted by Crippen LogP contribution is 2.07. The monoisotopic (exact) mass is 256 g/mol. The molecule has 0 aromatic carbocycles. The minimum absolute atomic E-state index is 0.00436. The van der Waals surface area contributed by atoms with Crippen molar-refractivity contribution in [2.24, 2.45) is 0 Å². The maximum Gasteiger partial charge on any atom is 0.234 e. The van der Waals surface area contributed by atoms with Gasteiger partial charge in [-0.2, -0.15) is 0 Å². The van der Waals surface area contributed by atoms with E-state index in [4.69, 9.17) is 5.11 Å². The zero-order valence-electron chi connectivity index (χ0n) is 10.3. The maximum absolute atomic E-state index is 11.5. The molecule has 0 radical (unpaired) electrons. The van der Waals surface area contributed by atoms with Gasteiger partial charge in [-0.1, -0.05) is 6.07 Å². The molecule has 4 nitrogen and oxygen atoms in total. The maximum atomic E-state index is 11.5. The molecule has 0 aliphatic carbocycles. The van der Waals surface area contributed by atoms with E-state index in [0.717, 1.165) is 6.42 Å². The van der Waals surface area contributed by atoms with Crippen molar-refractivity contribution in [1.82, 2.24) is 10.2 Å². The molecule has 2 N–H and O–H groups in total. The zero-order valence-corrected chi connectivity index (χ0v) is 11.2. The molecule has 17 heavy (non-hydrogen) atoms. The van der Waals surface area contributed by atoms with Gasteiger partial charge in [0.15, 0.2) is 0 Å². The van der Waals surface area contributed by atoms with Crippen LogP contribution < -0.4 is 5.32 Å². The summed E-state index contributed by atoms with van der Waals surface area (Å²) in [5.74, 6) is 0.00436. The lowest BCUT2D eigenvalue weighted by Gasteiger charge is -2.17. The Morgan fingerprint density at radius 3 is 3.00 bits per heavy atom. The van der Waals surface area contributed by atoms with Gasteiger partial charge in [0.05, 0.1) is 12.6 Å². The third-order valence-electron chi connectivity index (χ3n) is 2.26. The van der Waals surface area contributed by atoms with E-state index < -0.39 is 6.10 Å². The number of hydrogen-bond acceptors (Lipinski definition) is 4. The Hall–Kier alpha value is -0.910. The molecule has 0 spiro atoms. The summed E-state index contributed by atoms with van der Waals surface area (Å²) in [6.45, 7) is 3.22. The highest BCUT2D eigenvalue weighted by Gasteiger charge is 2.08. The van der Waals surface area contributed by atoms with Crippen LogP contribution in [0.4, 0.5) is 0 Å². The Balaban J connectivity index is 2.12. The van der Waals surface area contributed by atoms with E-state index in [1.54, 1.807) is 18.3 Å². The first-order chi connectivity index (χ1) is 8.08. The van der Waals surface area contributed by atoms with Gasteiger partial charge in [-0.3, -0.25) is 9.69 Å². The third-order valence-corrected chi connectivity index (χ3v) is 3.20. The van der Waals surface area contributed by atoms with Crippen molar-refractivity contribution < 1.29 is 9.90 Å². The fourth-order valence-corrected chi connectivity index (χ4v) is 2.31. The first kappa shape index (κ1) is 14.2. The molecule has 1 unspecified atom stereocenters. The van der Waals surface area contributed by atoms with E-state index >= 15 is 0 Å². The van der Waals surface area contributed by atoms with Crippen LogP contribution in [0.25, 0.3) is 0 Å². The van der Waals surface area contributed by atoms with E-state index in [2.05, 4.69) is 11.4 Å². The highest BCUT2D eigenvalue weighted by molar-refractivity contribution is 7.09. The number of carbonyl (C=O) groups excluding carboxylic acids is 1. The normalized spacial score (nSPS) is 12.7. The third kappa shape index (κ3) is 6.41. The molecule has 1 aromatic heterocycles. The Morgan fingerprint density at radius 2 is 2.41 bits per heavy atom. The van der Waals surface area contributed by atoms with E-state index in [-0.39, 0.29) is 5.91 Å². The minimum Gasteiger partial charge on any atom is -0.392 e. The predicted molar refractivity (Wildman–Crippen MR) is 70.2 cm³/mol. The summed E-state index contributed by atoms with van der Waals surface area (Å²) in [5, 5.41) is 14.1. The summed E-state index contributed by atoms with van der Waals surface area (Å²) in [7, 11) is 1.82. The second-order valence-corrected chi connectivity index (χ2v) is 5.26. The van der Waals surface area contributed by atoms with Crippen LogP contribution in [0.2, 0.25) is 0 Å². The first-order valence-corrected chi connectivity index (χ1v) is 6.61. The van der Waals surface area contributed by atoms with Gasteiger partial charge in [-0.15, -0.1) is 11.3 Å². The smallest absolute Gasteiger partial charge is 0.234 e. The van der Waals surface area contributed by atoms with Crippen molar-refractivity contribution >= 4 is 17.2 Å². The van der Waals surface area contributed by atoms with Gasteiger partial charge in [0.25, 0.3) is 0 Å². The van der Waals surface area contributed by atoms with Crippen molar-refractivity contribution in [2.75, 3.05) is 26.7 Å². The largest absolute Gasteiger partial charge is 0.392 e. The highest BCUT2D eigenvalue weighted by atomic mass is 32.1. The molecule has 1 aromatic rings. The van der Waals surface area contributed by atoms with Crippen LogP contribution in [0.5, 0.6) is 0 Å². The van der Waals surface area contributed by atoms with Crippen molar-refractivity contribution in [1.29, 1.82) is 0 Å². The van der Waals surface area contributed by atoms with Gasteiger partial charge in [0.2, 0.25) is 5.91 Å². The van der Waals surface area contributed by atoms with Gasteiger partial charge >= 0.3 is 0 Å². The topological polar surface area (TPSA) is 52.6 Å². The number of carbonyl (C=O) groups is 1. The van der Waals surface area contributed by atoms with Gasteiger partial charge in [0, 0.05) is 18.0 Å². The number of nitrogens with zero attached hydrogens (tertiary/aromatic N) is 1. The Kier molecular flexibility index (Phi) is 6.18. The van der Waals surface area contributed by atoms with Gasteiger partial charge in [-0.05, 0) is 31.8 Å². The quantitative estimate of drug-likeness (QED) is 0.756. The summed E-state index contributed by atoms with van der Waals surface area (Å²) in [6, 6.07) is 4.08. The van der Waals surface area contributed by atoms with Crippen LogP contribution >= 0.6 is 11.3 Å². The van der Waals surface area contributed by atoms with Crippen LogP contribution in [0, 0.1) is 0 Å². The number of rotatable bonds is 7. The summed E-state index contributed by atoms with van der Waals surface area (Å²) in [6.07, 6.45) is 0.475. The summed E-state index contributed by atoms with van der Waals surface area (Å²) >= 11 is 1.70. The number of likely N-dealkylation sites (N-methyl/N-ethyl adjacent to an activating group) is 1. The average Bonchev–Trinajstić information content (AvgIpc) is 2.68. The molecule has 96 valence electrons. The molecular weight excluding hydrogens is 236 g/mol. The SMILES string of the molecule is CC(O)CN(C)CC(=O)NCCc1cccs1.